The van der Waals surface area contributed by atoms with Crippen molar-refractivity contribution in [1.29, 1.82) is 0 Å². The van der Waals surface area contributed by atoms with Crippen molar-refractivity contribution in [2.24, 2.45) is 5.73 Å². The monoisotopic (exact) mass is 289 g/mol. The van der Waals surface area contributed by atoms with Crippen LogP contribution in [0.4, 0.5) is 0 Å². The van der Waals surface area contributed by atoms with Gasteiger partial charge in [-0.3, -0.25) is 0 Å². The van der Waals surface area contributed by atoms with E-state index in [-0.39, 0.29) is 6.04 Å². The minimum Gasteiger partial charge on any atom is -0.488 e. The van der Waals surface area contributed by atoms with Gasteiger partial charge < -0.3 is 10.5 Å². The molecule has 2 aromatic carbocycles. The van der Waals surface area contributed by atoms with Gasteiger partial charge in [0.1, 0.15) is 12.4 Å². The van der Waals surface area contributed by atoms with Gasteiger partial charge in [-0.15, -0.1) is 0 Å². The van der Waals surface area contributed by atoms with Gasteiger partial charge in [0.15, 0.2) is 0 Å². The number of rotatable bonds is 4. The number of ether oxygens (including phenoxy) is 1. The Balaban J connectivity index is 2.20. The molecule has 0 saturated heterocycles. The molecule has 106 valence electrons. The molecule has 0 heterocycles. The molecule has 0 aliphatic rings. The largest absolute Gasteiger partial charge is 0.488 e. The van der Waals surface area contributed by atoms with Crippen molar-refractivity contribution in [3.8, 4) is 5.75 Å². The van der Waals surface area contributed by atoms with Crippen LogP contribution in [0.5, 0.6) is 5.75 Å². The van der Waals surface area contributed by atoms with Crippen LogP contribution in [-0.2, 0) is 6.61 Å². The molecule has 0 fully saturated rings. The van der Waals surface area contributed by atoms with Crippen LogP contribution >= 0.6 is 11.6 Å². The Morgan fingerprint density at radius 3 is 2.40 bits per heavy atom. The standard InChI is InChI=1S/C17H20ClNO/c1-11-4-6-14(16(18)8-11)10-20-17-9-12(2)5-7-15(17)13(3)19/h4-9,13H,10,19H2,1-3H3. The molecule has 0 aromatic heterocycles. The highest BCUT2D eigenvalue weighted by molar-refractivity contribution is 6.31. The smallest absolute Gasteiger partial charge is 0.124 e. The number of hydrogen-bond acceptors (Lipinski definition) is 2. The van der Waals surface area contributed by atoms with E-state index in [4.69, 9.17) is 22.1 Å². The fourth-order valence-electron chi connectivity index (χ4n) is 2.07. The number of halogens is 1. The first-order valence-electron chi connectivity index (χ1n) is 6.71. The quantitative estimate of drug-likeness (QED) is 0.896. The Kier molecular flexibility index (Phi) is 4.69. The molecule has 0 aliphatic heterocycles. The van der Waals surface area contributed by atoms with Gasteiger partial charge in [0.2, 0.25) is 0 Å². The van der Waals surface area contributed by atoms with Crippen LogP contribution in [0.1, 0.15) is 35.2 Å². The molecule has 3 heteroatoms. The fourth-order valence-corrected chi connectivity index (χ4v) is 2.36. The van der Waals surface area contributed by atoms with E-state index in [9.17, 15) is 0 Å². The summed E-state index contributed by atoms with van der Waals surface area (Å²) in [5.41, 5.74) is 10.3. The van der Waals surface area contributed by atoms with Crippen LogP contribution in [0, 0.1) is 13.8 Å². The van der Waals surface area contributed by atoms with Gasteiger partial charge in [-0.2, -0.15) is 0 Å². The summed E-state index contributed by atoms with van der Waals surface area (Å²) in [5, 5.41) is 0.736. The predicted molar refractivity (Wildman–Crippen MR) is 84.3 cm³/mol. The van der Waals surface area contributed by atoms with Crippen LogP contribution < -0.4 is 10.5 Å². The number of hydrogen-bond donors (Lipinski definition) is 1. The van der Waals surface area contributed by atoms with Crippen LogP contribution in [0.3, 0.4) is 0 Å². The molecule has 20 heavy (non-hydrogen) atoms. The number of nitrogens with two attached hydrogens (primary N) is 1. The third-order valence-electron chi connectivity index (χ3n) is 3.25. The maximum absolute atomic E-state index is 6.22. The Hall–Kier alpha value is -1.51. The van der Waals surface area contributed by atoms with Crippen molar-refractivity contribution in [3.63, 3.8) is 0 Å². The maximum Gasteiger partial charge on any atom is 0.124 e. The maximum atomic E-state index is 6.22. The van der Waals surface area contributed by atoms with Crippen molar-refractivity contribution < 1.29 is 4.74 Å². The van der Waals surface area contributed by atoms with Gasteiger partial charge in [-0.05, 0) is 44.0 Å². The van der Waals surface area contributed by atoms with E-state index in [1.165, 1.54) is 0 Å². The van der Waals surface area contributed by atoms with Gasteiger partial charge in [0.25, 0.3) is 0 Å². The summed E-state index contributed by atoms with van der Waals surface area (Å²) in [5.74, 6) is 0.830. The van der Waals surface area contributed by atoms with Gasteiger partial charge in [0, 0.05) is 22.2 Å². The Labute approximate surface area is 125 Å². The van der Waals surface area contributed by atoms with Gasteiger partial charge in [0.05, 0.1) is 0 Å². The van der Waals surface area contributed by atoms with Crippen LogP contribution in [-0.4, -0.2) is 0 Å². The van der Waals surface area contributed by atoms with E-state index in [0.717, 1.165) is 33.0 Å². The summed E-state index contributed by atoms with van der Waals surface area (Å²) < 4.78 is 5.92. The first-order valence-corrected chi connectivity index (χ1v) is 7.09. The molecule has 0 spiro atoms. The molecule has 0 aliphatic carbocycles. The third kappa shape index (κ3) is 3.53. The first-order chi connectivity index (χ1) is 9.47. The summed E-state index contributed by atoms with van der Waals surface area (Å²) >= 11 is 6.22. The average molecular weight is 290 g/mol. The second kappa shape index (κ2) is 6.29. The Bertz CT molecular complexity index is 608. The molecule has 1 atom stereocenters. The van der Waals surface area contributed by atoms with E-state index in [2.05, 4.69) is 0 Å². The molecule has 1 unspecified atom stereocenters. The summed E-state index contributed by atoms with van der Waals surface area (Å²) in [4.78, 5) is 0. The predicted octanol–water partition coefficient (Wildman–Crippen LogP) is 4.56. The van der Waals surface area contributed by atoms with Crippen LogP contribution in [0.25, 0.3) is 0 Å². The molecule has 2 aromatic rings. The van der Waals surface area contributed by atoms with Gasteiger partial charge in [-0.1, -0.05) is 35.9 Å². The molecular weight excluding hydrogens is 270 g/mol. The molecule has 0 bridgehead atoms. The van der Waals surface area contributed by atoms with E-state index < -0.39 is 0 Å². The minimum absolute atomic E-state index is 0.0564. The van der Waals surface area contributed by atoms with Crippen molar-refractivity contribution in [2.75, 3.05) is 0 Å². The van der Waals surface area contributed by atoms with Crippen LogP contribution in [0.15, 0.2) is 36.4 Å². The van der Waals surface area contributed by atoms with E-state index in [0.29, 0.717) is 6.61 Å². The molecule has 2 rings (SSSR count). The van der Waals surface area contributed by atoms with E-state index >= 15 is 0 Å². The second-order valence-corrected chi connectivity index (χ2v) is 5.62. The van der Waals surface area contributed by atoms with Crippen molar-refractivity contribution in [2.45, 2.75) is 33.4 Å². The molecule has 2 N–H and O–H groups in total. The number of benzene rings is 2. The minimum atomic E-state index is -0.0564. The lowest BCUT2D eigenvalue weighted by atomic mass is 10.1. The summed E-state index contributed by atoms with van der Waals surface area (Å²) in [6.07, 6.45) is 0. The average Bonchev–Trinajstić information content (AvgIpc) is 2.37. The summed E-state index contributed by atoms with van der Waals surface area (Å²) in [6.45, 7) is 6.46. The normalized spacial score (nSPS) is 12.2. The highest BCUT2D eigenvalue weighted by Gasteiger charge is 2.09. The SMILES string of the molecule is Cc1ccc(COc2cc(C)ccc2C(C)N)c(Cl)c1. The lowest BCUT2D eigenvalue weighted by Gasteiger charge is -2.15. The van der Waals surface area contributed by atoms with Crippen molar-refractivity contribution in [1.82, 2.24) is 0 Å². The summed E-state index contributed by atoms with van der Waals surface area (Å²) in [7, 11) is 0. The second-order valence-electron chi connectivity index (χ2n) is 5.21. The highest BCUT2D eigenvalue weighted by Crippen LogP contribution is 2.27. The van der Waals surface area contributed by atoms with Gasteiger partial charge >= 0.3 is 0 Å². The lowest BCUT2D eigenvalue weighted by Crippen LogP contribution is -2.08. The zero-order chi connectivity index (χ0) is 14.7. The van der Waals surface area contributed by atoms with Gasteiger partial charge in [-0.25, -0.2) is 0 Å². The molecular formula is C17H20ClNO. The van der Waals surface area contributed by atoms with Crippen LogP contribution in [0.2, 0.25) is 5.02 Å². The fraction of sp³-hybridized carbons (Fsp3) is 0.294. The van der Waals surface area contributed by atoms with E-state index in [1.54, 1.807) is 0 Å². The third-order valence-corrected chi connectivity index (χ3v) is 3.60. The van der Waals surface area contributed by atoms with E-state index in [1.807, 2.05) is 57.2 Å². The van der Waals surface area contributed by atoms with Crippen molar-refractivity contribution >= 4 is 11.6 Å². The topological polar surface area (TPSA) is 35.2 Å². The number of aryl methyl sites for hydroxylation is 2. The Morgan fingerprint density at radius 2 is 1.75 bits per heavy atom. The molecule has 0 saturated carbocycles. The first kappa shape index (κ1) is 14.9. The molecule has 2 nitrogen and oxygen atoms in total. The zero-order valence-electron chi connectivity index (χ0n) is 12.1. The summed E-state index contributed by atoms with van der Waals surface area (Å²) in [6, 6.07) is 12.0. The van der Waals surface area contributed by atoms with Crippen molar-refractivity contribution in [3.05, 3.63) is 63.7 Å². The highest BCUT2D eigenvalue weighted by atomic mass is 35.5. The molecule has 0 radical (unpaired) electrons. The lowest BCUT2D eigenvalue weighted by molar-refractivity contribution is 0.301. The zero-order valence-corrected chi connectivity index (χ0v) is 12.9. The Morgan fingerprint density at radius 1 is 1.10 bits per heavy atom. The molecule has 0 amide bonds.